The Morgan fingerprint density at radius 3 is 3.18 bits per heavy atom. The van der Waals surface area contributed by atoms with Gasteiger partial charge in [-0.1, -0.05) is 11.6 Å². The molecule has 1 aliphatic carbocycles. The molecule has 0 bridgehead atoms. The zero-order valence-electron chi connectivity index (χ0n) is 8.98. The monoisotopic (exact) mass is 260 g/mol. The van der Waals surface area contributed by atoms with Gasteiger partial charge in [-0.05, 0) is 36.4 Å². The first-order chi connectivity index (χ1) is 8.34. The Balaban J connectivity index is 2.17. The molecule has 0 aromatic carbocycles. The van der Waals surface area contributed by atoms with Gasteiger partial charge in [0.25, 0.3) is 0 Å². The molecule has 0 atom stereocenters. The second-order valence-corrected chi connectivity index (χ2v) is 5.62. The predicted molar refractivity (Wildman–Crippen MR) is 70.9 cm³/mol. The molecule has 0 unspecified atom stereocenters. The summed E-state index contributed by atoms with van der Waals surface area (Å²) >= 11 is 8.03. The van der Waals surface area contributed by atoms with Crippen molar-refractivity contribution in [3.8, 4) is 11.3 Å². The average Bonchev–Trinajstić information content (AvgIpc) is 2.91. The van der Waals surface area contributed by atoms with Crippen LogP contribution in [0.1, 0.15) is 10.6 Å². The maximum atomic E-state index is 6.20. The molecule has 0 fully saturated rings. The van der Waals surface area contributed by atoms with Gasteiger partial charge in [0.15, 0.2) is 5.65 Å². The summed E-state index contributed by atoms with van der Waals surface area (Å²) < 4.78 is 2.11. The second-order valence-electron chi connectivity index (χ2n) is 4.21. The lowest BCUT2D eigenvalue weighted by molar-refractivity contribution is 0.926. The van der Waals surface area contributed by atoms with Crippen LogP contribution in [-0.2, 0) is 12.8 Å². The van der Waals surface area contributed by atoms with E-state index in [2.05, 4.69) is 20.8 Å². The van der Waals surface area contributed by atoms with Crippen LogP contribution < -0.4 is 0 Å². The van der Waals surface area contributed by atoms with Crippen LogP contribution in [-0.4, -0.2) is 9.38 Å². The van der Waals surface area contributed by atoms with Crippen LogP contribution in [0.4, 0.5) is 0 Å². The minimum Gasteiger partial charge on any atom is -0.298 e. The first-order valence-electron chi connectivity index (χ1n) is 5.57. The Morgan fingerprint density at radius 1 is 1.29 bits per heavy atom. The maximum Gasteiger partial charge on any atom is 0.156 e. The molecule has 0 radical (unpaired) electrons. The van der Waals surface area contributed by atoms with E-state index in [1.54, 1.807) is 0 Å². The number of imidazole rings is 1. The van der Waals surface area contributed by atoms with Gasteiger partial charge in [-0.3, -0.25) is 4.40 Å². The number of hydrogen-bond donors (Lipinski definition) is 0. The molecule has 0 saturated carbocycles. The van der Waals surface area contributed by atoms with E-state index in [0.29, 0.717) is 0 Å². The van der Waals surface area contributed by atoms with E-state index >= 15 is 0 Å². The fraction of sp³-hybridized carbons (Fsp3) is 0.154. The highest BCUT2D eigenvalue weighted by Gasteiger charge is 2.22. The van der Waals surface area contributed by atoms with Crippen LogP contribution in [0.15, 0.2) is 29.8 Å². The molecule has 1 aliphatic rings. The zero-order valence-corrected chi connectivity index (χ0v) is 10.6. The van der Waals surface area contributed by atoms with Gasteiger partial charge in [0, 0.05) is 16.6 Å². The number of halogens is 1. The largest absolute Gasteiger partial charge is 0.298 e. The molecule has 0 amide bonds. The summed E-state index contributed by atoms with van der Waals surface area (Å²) in [5.41, 5.74) is 4.60. The van der Waals surface area contributed by atoms with E-state index in [1.165, 1.54) is 21.8 Å². The van der Waals surface area contributed by atoms with E-state index in [-0.39, 0.29) is 0 Å². The van der Waals surface area contributed by atoms with Crippen molar-refractivity contribution in [3.05, 3.63) is 45.4 Å². The van der Waals surface area contributed by atoms with E-state index in [4.69, 9.17) is 11.6 Å². The number of aromatic nitrogens is 2. The summed E-state index contributed by atoms with van der Waals surface area (Å²) in [6, 6.07) is 6.05. The van der Waals surface area contributed by atoms with Crippen LogP contribution in [0.25, 0.3) is 16.9 Å². The first kappa shape index (κ1) is 9.68. The minimum atomic E-state index is 0.721. The predicted octanol–water partition coefficient (Wildman–Crippen LogP) is 3.81. The molecule has 0 N–H and O–H groups in total. The number of thiophene rings is 1. The quantitative estimate of drug-likeness (QED) is 0.601. The van der Waals surface area contributed by atoms with Crippen LogP contribution in [0.2, 0.25) is 5.02 Å². The van der Waals surface area contributed by atoms with Crippen molar-refractivity contribution in [1.29, 1.82) is 0 Å². The normalized spacial score (nSPS) is 13.7. The number of pyridine rings is 1. The fourth-order valence-corrected chi connectivity index (χ4v) is 3.60. The molecular formula is C13H9ClN2S. The summed E-state index contributed by atoms with van der Waals surface area (Å²) in [4.78, 5) is 6.12. The Morgan fingerprint density at radius 2 is 2.24 bits per heavy atom. The lowest BCUT2D eigenvalue weighted by Gasteiger charge is -2.11. The SMILES string of the molecule is Clc1cccn2c3c(nc12)CCc1sccc1-3. The van der Waals surface area contributed by atoms with Crippen molar-refractivity contribution >= 4 is 28.6 Å². The highest BCUT2D eigenvalue weighted by molar-refractivity contribution is 7.10. The number of rotatable bonds is 0. The molecular weight excluding hydrogens is 252 g/mol. The van der Waals surface area contributed by atoms with Crippen LogP contribution in [0.3, 0.4) is 0 Å². The standard InChI is InChI=1S/C13H9ClN2S/c14-9-2-1-6-16-12-8-5-7-17-11(8)4-3-10(12)15-13(9)16/h1-2,5-7H,3-4H2. The maximum absolute atomic E-state index is 6.20. The third kappa shape index (κ3) is 1.24. The molecule has 0 saturated heterocycles. The van der Waals surface area contributed by atoms with E-state index in [0.717, 1.165) is 23.5 Å². The second kappa shape index (κ2) is 3.34. The molecule has 2 nitrogen and oxygen atoms in total. The molecule has 3 heterocycles. The number of aryl methyl sites for hydroxylation is 2. The zero-order chi connectivity index (χ0) is 11.4. The molecule has 3 aromatic rings. The topological polar surface area (TPSA) is 17.3 Å². The van der Waals surface area contributed by atoms with Gasteiger partial charge in [0.05, 0.1) is 16.4 Å². The third-order valence-electron chi connectivity index (χ3n) is 3.26. The van der Waals surface area contributed by atoms with Gasteiger partial charge in [0.1, 0.15) is 0 Å². The molecule has 4 rings (SSSR count). The van der Waals surface area contributed by atoms with Crippen molar-refractivity contribution < 1.29 is 0 Å². The third-order valence-corrected chi connectivity index (χ3v) is 4.54. The van der Waals surface area contributed by atoms with Gasteiger partial charge < -0.3 is 0 Å². The van der Waals surface area contributed by atoms with Crippen molar-refractivity contribution in [3.63, 3.8) is 0 Å². The summed E-state index contributed by atoms with van der Waals surface area (Å²) in [6.45, 7) is 0. The van der Waals surface area contributed by atoms with E-state index in [1.807, 2.05) is 29.7 Å². The van der Waals surface area contributed by atoms with Crippen LogP contribution >= 0.6 is 22.9 Å². The molecule has 0 aliphatic heterocycles. The number of hydrogen-bond acceptors (Lipinski definition) is 2. The van der Waals surface area contributed by atoms with Crippen LogP contribution in [0, 0.1) is 0 Å². The first-order valence-corrected chi connectivity index (χ1v) is 6.82. The van der Waals surface area contributed by atoms with Crippen molar-refractivity contribution in [2.45, 2.75) is 12.8 Å². The minimum absolute atomic E-state index is 0.721. The summed E-state index contributed by atoms with van der Waals surface area (Å²) in [6.07, 6.45) is 4.15. The lowest BCUT2D eigenvalue weighted by atomic mass is 10.0. The number of fused-ring (bicyclic) bond motifs is 5. The Kier molecular flexibility index (Phi) is 1.90. The highest BCUT2D eigenvalue weighted by Crippen LogP contribution is 2.37. The molecule has 3 aromatic heterocycles. The summed E-state index contributed by atoms with van der Waals surface area (Å²) in [5, 5.41) is 2.88. The number of nitrogens with zero attached hydrogens (tertiary/aromatic N) is 2. The smallest absolute Gasteiger partial charge is 0.156 e. The van der Waals surface area contributed by atoms with Crippen LogP contribution in [0.5, 0.6) is 0 Å². The van der Waals surface area contributed by atoms with Gasteiger partial charge in [-0.25, -0.2) is 4.98 Å². The summed E-state index contributed by atoms with van der Waals surface area (Å²) in [7, 11) is 0. The average molecular weight is 261 g/mol. The van der Waals surface area contributed by atoms with Gasteiger partial charge in [-0.15, -0.1) is 11.3 Å². The Labute approximate surface area is 107 Å². The lowest BCUT2D eigenvalue weighted by Crippen LogP contribution is -2.01. The van der Waals surface area contributed by atoms with Crippen molar-refractivity contribution in [2.75, 3.05) is 0 Å². The molecule has 0 spiro atoms. The molecule has 84 valence electrons. The van der Waals surface area contributed by atoms with Gasteiger partial charge in [0.2, 0.25) is 0 Å². The van der Waals surface area contributed by atoms with Crippen molar-refractivity contribution in [2.24, 2.45) is 0 Å². The summed E-state index contributed by atoms with van der Waals surface area (Å²) in [5.74, 6) is 0. The Hall–Kier alpha value is -1.32. The molecule has 17 heavy (non-hydrogen) atoms. The van der Waals surface area contributed by atoms with Gasteiger partial charge in [-0.2, -0.15) is 0 Å². The van der Waals surface area contributed by atoms with E-state index < -0.39 is 0 Å². The fourth-order valence-electron chi connectivity index (χ4n) is 2.52. The van der Waals surface area contributed by atoms with Crippen molar-refractivity contribution in [1.82, 2.24) is 9.38 Å². The Bertz CT molecular complexity index is 726. The van der Waals surface area contributed by atoms with Gasteiger partial charge >= 0.3 is 0 Å². The molecule has 4 heteroatoms. The highest BCUT2D eigenvalue weighted by atomic mass is 35.5. The van der Waals surface area contributed by atoms with E-state index in [9.17, 15) is 0 Å².